The average Bonchev–Trinajstić information content (AvgIpc) is 3.00. The number of aliphatic hydroxyl groups is 1. The monoisotopic (exact) mass is 312 g/mol. The number of hydrogen-bond donors (Lipinski definition) is 3. The van der Waals surface area contributed by atoms with E-state index in [0.717, 1.165) is 0 Å². The van der Waals surface area contributed by atoms with E-state index < -0.39 is 24.6 Å². The van der Waals surface area contributed by atoms with Crippen LogP contribution < -0.4 is 11.5 Å². The normalized spacial score (nSPS) is 28.5. The molecule has 0 aliphatic carbocycles. The topological polar surface area (TPSA) is 134 Å². The van der Waals surface area contributed by atoms with Crippen molar-refractivity contribution in [1.29, 1.82) is 0 Å². The van der Waals surface area contributed by atoms with E-state index in [1.165, 1.54) is 10.9 Å². The molecule has 0 saturated carbocycles. The van der Waals surface area contributed by atoms with E-state index in [9.17, 15) is 9.50 Å². The molecule has 1 saturated heterocycles. The molecule has 4 atom stereocenters. The summed E-state index contributed by atoms with van der Waals surface area (Å²) >= 11 is 0. The number of anilines is 2. The molecule has 0 radical (unpaired) electrons. The van der Waals surface area contributed by atoms with Crippen molar-refractivity contribution < 1.29 is 19.0 Å². The number of halogens is 1. The number of aromatic nitrogens is 4. The van der Waals surface area contributed by atoms with Crippen molar-refractivity contribution in [3.8, 4) is 0 Å². The number of alkyl halides is 1. The van der Waals surface area contributed by atoms with Gasteiger partial charge in [-0.1, -0.05) is 0 Å². The molecule has 2 aromatic rings. The minimum absolute atomic E-state index is 0.0495. The number of nitrogens with two attached hydrogens (primary N) is 2. The first-order valence-electron chi connectivity index (χ1n) is 6.83. The lowest BCUT2D eigenvalue weighted by Gasteiger charge is -2.15. The molecule has 120 valence electrons. The number of fused-ring (bicyclic) bond motifs is 1. The lowest BCUT2D eigenvalue weighted by atomic mass is 10.1. The zero-order chi connectivity index (χ0) is 15.9. The van der Waals surface area contributed by atoms with E-state index in [1.807, 2.05) is 0 Å². The SMILES string of the molecule is CCOC[C@H]1O[C@@H](n2cnc3c(N)nc(N)nc32)C(F)C1O. The molecule has 0 aromatic carbocycles. The predicted molar refractivity (Wildman–Crippen MR) is 75.5 cm³/mol. The summed E-state index contributed by atoms with van der Waals surface area (Å²) in [6.07, 6.45) is -3.47. The van der Waals surface area contributed by atoms with Crippen LogP contribution in [0.25, 0.3) is 11.2 Å². The molecule has 0 amide bonds. The summed E-state index contributed by atoms with van der Waals surface area (Å²) in [7, 11) is 0. The number of rotatable bonds is 4. The number of nitrogens with zero attached hydrogens (tertiary/aromatic N) is 4. The predicted octanol–water partition coefficient (Wildman–Crippen LogP) is -0.376. The van der Waals surface area contributed by atoms with Gasteiger partial charge in [0, 0.05) is 6.61 Å². The van der Waals surface area contributed by atoms with E-state index in [-0.39, 0.29) is 24.0 Å². The molecule has 0 spiro atoms. The van der Waals surface area contributed by atoms with E-state index in [0.29, 0.717) is 12.1 Å². The first-order valence-corrected chi connectivity index (χ1v) is 6.83. The number of hydrogen-bond acceptors (Lipinski definition) is 8. The minimum atomic E-state index is -1.65. The van der Waals surface area contributed by atoms with Gasteiger partial charge < -0.3 is 26.0 Å². The Hall–Kier alpha value is -2.04. The summed E-state index contributed by atoms with van der Waals surface area (Å²) in [4.78, 5) is 11.9. The molecule has 1 aliphatic heterocycles. The molecule has 3 heterocycles. The van der Waals surface area contributed by atoms with Crippen molar-refractivity contribution in [3.63, 3.8) is 0 Å². The van der Waals surface area contributed by atoms with Gasteiger partial charge in [0.25, 0.3) is 0 Å². The highest BCUT2D eigenvalue weighted by atomic mass is 19.1. The fraction of sp³-hybridized carbons (Fsp3) is 0.583. The van der Waals surface area contributed by atoms with E-state index >= 15 is 0 Å². The Bertz CT molecular complexity index is 680. The summed E-state index contributed by atoms with van der Waals surface area (Å²) in [6, 6.07) is 0. The van der Waals surface area contributed by atoms with Crippen LogP contribution in [0.1, 0.15) is 13.2 Å². The Morgan fingerprint density at radius 1 is 1.45 bits per heavy atom. The maximum Gasteiger partial charge on any atom is 0.224 e. The third-order valence-corrected chi connectivity index (χ3v) is 3.52. The second-order valence-electron chi connectivity index (χ2n) is 4.95. The number of ether oxygens (including phenoxy) is 2. The first kappa shape index (κ1) is 14.9. The Morgan fingerprint density at radius 3 is 2.95 bits per heavy atom. The molecule has 1 fully saturated rings. The van der Waals surface area contributed by atoms with Gasteiger partial charge in [0.15, 0.2) is 23.9 Å². The lowest BCUT2D eigenvalue weighted by Crippen LogP contribution is -2.31. The molecule has 9 nitrogen and oxygen atoms in total. The van der Waals surface area contributed by atoms with E-state index in [1.54, 1.807) is 6.92 Å². The fourth-order valence-electron chi connectivity index (χ4n) is 2.44. The van der Waals surface area contributed by atoms with Crippen LogP contribution in [0.3, 0.4) is 0 Å². The van der Waals surface area contributed by atoms with E-state index in [4.69, 9.17) is 20.9 Å². The van der Waals surface area contributed by atoms with Crippen molar-refractivity contribution >= 4 is 22.9 Å². The quantitative estimate of drug-likeness (QED) is 0.695. The third-order valence-electron chi connectivity index (χ3n) is 3.52. The minimum Gasteiger partial charge on any atom is -0.387 e. The second-order valence-corrected chi connectivity index (χ2v) is 4.95. The summed E-state index contributed by atoms with van der Waals surface area (Å²) in [5.74, 6) is 0.0487. The Labute approximate surface area is 125 Å². The molecule has 10 heteroatoms. The highest BCUT2D eigenvalue weighted by Gasteiger charge is 2.45. The van der Waals surface area contributed by atoms with Crippen LogP contribution in [0.4, 0.5) is 16.2 Å². The second kappa shape index (κ2) is 5.63. The van der Waals surface area contributed by atoms with Crippen molar-refractivity contribution in [2.75, 3.05) is 24.7 Å². The fourth-order valence-corrected chi connectivity index (χ4v) is 2.44. The summed E-state index contributed by atoms with van der Waals surface area (Å²) in [5, 5.41) is 9.94. The Balaban J connectivity index is 1.94. The zero-order valence-electron chi connectivity index (χ0n) is 11.9. The lowest BCUT2D eigenvalue weighted by molar-refractivity contribution is -0.0610. The largest absolute Gasteiger partial charge is 0.387 e. The molecule has 1 aliphatic rings. The third kappa shape index (κ3) is 2.34. The van der Waals surface area contributed by atoms with Gasteiger partial charge in [0.2, 0.25) is 5.95 Å². The summed E-state index contributed by atoms with van der Waals surface area (Å²) in [6.45, 7) is 2.35. The van der Waals surface area contributed by atoms with Gasteiger partial charge in [-0.25, -0.2) is 9.37 Å². The van der Waals surface area contributed by atoms with Crippen LogP contribution in [0.2, 0.25) is 0 Å². The molecule has 0 bridgehead atoms. The first-order chi connectivity index (χ1) is 10.5. The molecule has 3 rings (SSSR count). The van der Waals surface area contributed by atoms with E-state index in [2.05, 4.69) is 15.0 Å². The van der Waals surface area contributed by atoms with Crippen molar-refractivity contribution in [3.05, 3.63) is 6.33 Å². The van der Waals surface area contributed by atoms with Crippen molar-refractivity contribution in [2.45, 2.75) is 31.5 Å². The molecule has 22 heavy (non-hydrogen) atoms. The van der Waals surface area contributed by atoms with Crippen LogP contribution >= 0.6 is 0 Å². The Kier molecular flexibility index (Phi) is 3.81. The molecule has 5 N–H and O–H groups in total. The van der Waals surface area contributed by atoms with Crippen LogP contribution in [0.15, 0.2) is 6.33 Å². The van der Waals surface area contributed by atoms with Gasteiger partial charge in [0.05, 0.1) is 12.9 Å². The molecular weight excluding hydrogens is 295 g/mol. The maximum atomic E-state index is 14.4. The summed E-state index contributed by atoms with van der Waals surface area (Å²) < 4.78 is 26.5. The van der Waals surface area contributed by atoms with Gasteiger partial charge in [-0.3, -0.25) is 4.57 Å². The average molecular weight is 312 g/mol. The Morgan fingerprint density at radius 2 is 2.23 bits per heavy atom. The standard InChI is InChI=1S/C12H17FN6O3/c1-2-21-3-5-8(20)6(13)11(22-5)19-4-16-7-9(14)17-12(15)18-10(7)19/h4-6,8,11,20H,2-3H2,1H3,(H4,14,15,17,18)/t5-,6?,8?,11-/m1/s1. The van der Waals surface area contributed by atoms with Crippen molar-refractivity contribution in [1.82, 2.24) is 19.5 Å². The van der Waals surface area contributed by atoms with Gasteiger partial charge in [-0.2, -0.15) is 9.97 Å². The van der Waals surface area contributed by atoms with Gasteiger partial charge >= 0.3 is 0 Å². The van der Waals surface area contributed by atoms with Crippen LogP contribution in [0, 0.1) is 0 Å². The number of nitrogen functional groups attached to an aromatic ring is 2. The van der Waals surface area contributed by atoms with Crippen LogP contribution in [-0.4, -0.2) is 56.2 Å². The van der Waals surface area contributed by atoms with Crippen LogP contribution in [-0.2, 0) is 9.47 Å². The maximum absolute atomic E-state index is 14.4. The smallest absolute Gasteiger partial charge is 0.224 e. The summed E-state index contributed by atoms with van der Waals surface area (Å²) in [5.41, 5.74) is 11.8. The van der Waals surface area contributed by atoms with Crippen molar-refractivity contribution in [2.24, 2.45) is 0 Å². The number of aliphatic hydroxyl groups excluding tert-OH is 1. The van der Waals surface area contributed by atoms with Gasteiger partial charge in [0.1, 0.15) is 17.7 Å². The highest BCUT2D eigenvalue weighted by molar-refractivity contribution is 5.82. The molecule has 2 unspecified atom stereocenters. The van der Waals surface area contributed by atoms with Gasteiger partial charge in [-0.15, -0.1) is 0 Å². The number of imidazole rings is 1. The molecular formula is C12H17FN6O3. The van der Waals surface area contributed by atoms with Crippen LogP contribution in [0.5, 0.6) is 0 Å². The highest BCUT2D eigenvalue weighted by Crippen LogP contribution is 2.34. The van der Waals surface area contributed by atoms with Gasteiger partial charge in [-0.05, 0) is 6.92 Å². The molecule has 2 aromatic heterocycles. The zero-order valence-corrected chi connectivity index (χ0v) is 11.9.